The Balaban J connectivity index is 1.96. The summed E-state index contributed by atoms with van der Waals surface area (Å²) in [6.45, 7) is 2.60. The molecule has 1 heterocycles. The topological polar surface area (TPSA) is 26.7 Å². The first-order valence-electron chi connectivity index (χ1n) is 6.91. The van der Waals surface area contributed by atoms with Crippen LogP contribution in [0.15, 0.2) is 0 Å². The second kappa shape index (κ2) is 5.58. The highest BCUT2D eigenvalue weighted by Crippen LogP contribution is 2.40. The van der Waals surface area contributed by atoms with Gasteiger partial charge in [-0.1, -0.05) is 0 Å². The standard InChI is InChI=1S/C13H23F3N2O/c1-17-6-9(7-17)8-18(2)12-5-10(19)3-4-11(12)13(14,15)16/h9-12,19H,3-8H2,1-2H3. The van der Waals surface area contributed by atoms with Crippen LogP contribution in [0.5, 0.6) is 0 Å². The van der Waals surface area contributed by atoms with Crippen molar-refractivity contribution < 1.29 is 18.3 Å². The number of likely N-dealkylation sites (tertiary alicyclic amines) is 1. The summed E-state index contributed by atoms with van der Waals surface area (Å²) >= 11 is 0. The predicted molar refractivity (Wildman–Crippen MR) is 66.8 cm³/mol. The average Bonchev–Trinajstić information content (AvgIpc) is 2.25. The second-order valence-corrected chi connectivity index (χ2v) is 6.21. The third-order valence-corrected chi connectivity index (χ3v) is 4.46. The molecule has 0 radical (unpaired) electrons. The lowest BCUT2D eigenvalue weighted by Gasteiger charge is -2.44. The Labute approximate surface area is 112 Å². The Kier molecular flexibility index (Phi) is 4.42. The molecule has 6 heteroatoms. The minimum absolute atomic E-state index is 0.0459. The zero-order valence-corrected chi connectivity index (χ0v) is 11.5. The lowest BCUT2D eigenvalue weighted by atomic mass is 9.81. The molecule has 0 amide bonds. The van der Waals surface area contributed by atoms with Crippen LogP contribution in [0.3, 0.4) is 0 Å². The fourth-order valence-electron chi connectivity index (χ4n) is 3.48. The smallest absolute Gasteiger partial charge is 0.393 e. The largest absolute Gasteiger partial charge is 0.393 e. The zero-order chi connectivity index (χ0) is 14.2. The Bertz CT molecular complexity index is 305. The molecule has 1 aliphatic heterocycles. The van der Waals surface area contributed by atoms with E-state index in [1.807, 2.05) is 11.9 Å². The van der Waals surface area contributed by atoms with Crippen molar-refractivity contribution in [1.29, 1.82) is 0 Å². The van der Waals surface area contributed by atoms with Gasteiger partial charge in [0.05, 0.1) is 12.0 Å². The molecule has 0 aromatic rings. The lowest BCUT2D eigenvalue weighted by molar-refractivity contribution is -0.204. The predicted octanol–water partition coefficient (Wildman–Crippen LogP) is 1.57. The molecule has 19 heavy (non-hydrogen) atoms. The van der Waals surface area contributed by atoms with Crippen LogP contribution >= 0.6 is 0 Å². The number of nitrogens with zero attached hydrogens (tertiary/aromatic N) is 2. The summed E-state index contributed by atoms with van der Waals surface area (Å²) in [4.78, 5) is 3.98. The maximum Gasteiger partial charge on any atom is 0.393 e. The van der Waals surface area contributed by atoms with Crippen LogP contribution in [0.4, 0.5) is 13.2 Å². The summed E-state index contributed by atoms with van der Waals surface area (Å²) in [6, 6.07) is -0.574. The van der Waals surface area contributed by atoms with Gasteiger partial charge >= 0.3 is 6.18 Å². The summed E-state index contributed by atoms with van der Waals surface area (Å²) in [7, 11) is 3.78. The Morgan fingerprint density at radius 2 is 1.89 bits per heavy atom. The first kappa shape index (κ1) is 15.1. The van der Waals surface area contributed by atoms with E-state index in [0.717, 1.165) is 13.1 Å². The van der Waals surface area contributed by atoms with E-state index in [0.29, 0.717) is 12.5 Å². The highest BCUT2D eigenvalue weighted by molar-refractivity contribution is 4.91. The summed E-state index contributed by atoms with van der Waals surface area (Å²) in [5.74, 6) is -0.832. The molecule has 2 rings (SSSR count). The van der Waals surface area contributed by atoms with Gasteiger partial charge < -0.3 is 14.9 Å². The number of hydrogen-bond acceptors (Lipinski definition) is 3. The van der Waals surface area contributed by atoms with Crippen molar-refractivity contribution in [3.8, 4) is 0 Å². The molecule has 0 aromatic carbocycles. The van der Waals surface area contributed by atoms with Crippen molar-refractivity contribution in [3.05, 3.63) is 0 Å². The Morgan fingerprint density at radius 1 is 1.26 bits per heavy atom. The van der Waals surface area contributed by atoms with Crippen LogP contribution in [0.25, 0.3) is 0 Å². The molecule has 0 bridgehead atoms. The van der Waals surface area contributed by atoms with Crippen LogP contribution in [-0.2, 0) is 0 Å². The normalized spacial score (nSPS) is 34.6. The SMILES string of the molecule is CN1CC(CN(C)C2CC(O)CCC2C(F)(F)F)C1. The van der Waals surface area contributed by atoms with E-state index in [1.165, 1.54) is 0 Å². The number of hydrogen-bond donors (Lipinski definition) is 1. The highest BCUT2D eigenvalue weighted by atomic mass is 19.4. The minimum Gasteiger partial charge on any atom is -0.393 e. The number of halogens is 3. The molecule has 1 N–H and O–H groups in total. The van der Waals surface area contributed by atoms with Gasteiger partial charge in [0.1, 0.15) is 0 Å². The van der Waals surface area contributed by atoms with E-state index in [2.05, 4.69) is 4.90 Å². The van der Waals surface area contributed by atoms with Gasteiger partial charge in [-0.2, -0.15) is 13.2 Å². The molecule has 1 saturated heterocycles. The summed E-state index contributed by atoms with van der Waals surface area (Å²) < 4.78 is 39.2. The minimum atomic E-state index is -4.16. The quantitative estimate of drug-likeness (QED) is 0.850. The Hall–Kier alpha value is -0.330. The molecule has 1 saturated carbocycles. The molecule has 112 valence electrons. The molecule has 0 spiro atoms. The van der Waals surface area contributed by atoms with Crippen LogP contribution in [-0.4, -0.2) is 67.0 Å². The van der Waals surface area contributed by atoms with E-state index in [9.17, 15) is 18.3 Å². The Morgan fingerprint density at radius 3 is 2.42 bits per heavy atom. The van der Waals surface area contributed by atoms with E-state index in [1.54, 1.807) is 7.05 Å². The summed E-state index contributed by atoms with van der Waals surface area (Å²) in [5, 5.41) is 9.66. The van der Waals surface area contributed by atoms with Gasteiger partial charge in [-0.15, -0.1) is 0 Å². The van der Waals surface area contributed by atoms with Crippen molar-refractivity contribution in [2.24, 2.45) is 11.8 Å². The first-order chi connectivity index (χ1) is 8.77. The molecule has 3 nitrogen and oxygen atoms in total. The van der Waals surface area contributed by atoms with E-state index in [4.69, 9.17) is 0 Å². The van der Waals surface area contributed by atoms with Gasteiger partial charge in [-0.05, 0) is 39.3 Å². The maximum absolute atomic E-state index is 13.1. The van der Waals surface area contributed by atoms with Gasteiger partial charge in [-0.25, -0.2) is 0 Å². The van der Waals surface area contributed by atoms with Crippen LogP contribution in [0.2, 0.25) is 0 Å². The van der Waals surface area contributed by atoms with Gasteiger partial charge in [0.25, 0.3) is 0 Å². The second-order valence-electron chi connectivity index (χ2n) is 6.21. The van der Waals surface area contributed by atoms with Crippen molar-refractivity contribution in [2.45, 2.75) is 37.6 Å². The number of aliphatic hydroxyl groups is 1. The number of rotatable bonds is 3. The van der Waals surface area contributed by atoms with Crippen molar-refractivity contribution in [3.63, 3.8) is 0 Å². The molecule has 0 aromatic heterocycles. The molecule has 2 fully saturated rings. The average molecular weight is 280 g/mol. The fraction of sp³-hybridized carbons (Fsp3) is 1.00. The lowest BCUT2D eigenvalue weighted by Crippen LogP contribution is -2.54. The maximum atomic E-state index is 13.1. The molecule has 3 atom stereocenters. The van der Waals surface area contributed by atoms with E-state index >= 15 is 0 Å². The van der Waals surface area contributed by atoms with Crippen molar-refractivity contribution in [2.75, 3.05) is 33.7 Å². The molecule has 3 unspecified atom stereocenters. The number of aliphatic hydroxyl groups excluding tert-OH is 1. The highest BCUT2D eigenvalue weighted by Gasteiger charge is 2.48. The molecule has 1 aliphatic carbocycles. The van der Waals surface area contributed by atoms with Gasteiger partial charge in [-0.3, -0.25) is 0 Å². The zero-order valence-electron chi connectivity index (χ0n) is 11.5. The fourth-order valence-corrected chi connectivity index (χ4v) is 3.48. The van der Waals surface area contributed by atoms with Crippen molar-refractivity contribution in [1.82, 2.24) is 9.80 Å². The molecular formula is C13H23F3N2O. The van der Waals surface area contributed by atoms with Crippen LogP contribution < -0.4 is 0 Å². The van der Waals surface area contributed by atoms with Gasteiger partial charge in [0.15, 0.2) is 0 Å². The van der Waals surface area contributed by atoms with E-state index in [-0.39, 0.29) is 19.3 Å². The third kappa shape index (κ3) is 3.61. The van der Waals surface area contributed by atoms with Gasteiger partial charge in [0, 0.05) is 25.7 Å². The third-order valence-electron chi connectivity index (χ3n) is 4.46. The summed E-state index contributed by atoms with van der Waals surface area (Å²) in [5.41, 5.74) is 0. The monoisotopic (exact) mass is 280 g/mol. The summed E-state index contributed by atoms with van der Waals surface area (Å²) in [6.07, 6.45) is -4.20. The van der Waals surface area contributed by atoms with Crippen LogP contribution in [0, 0.1) is 11.8 Å². The number of alkyl halides is 3. The van der Waals surface area contributed by atoms with Crippen molar-refractivity contribution >= 4 is 0 Å². The van der Waals surface area contributed by atoms with E-state index < -0.39 is 24.2 Å². The molecule has 2 aliphatic rings. The van der Waals surface area contributed by atoms with Crippen LogP contribution in [0.1, 0.15) is 19.3 Å². The van der Waals surface area contributed by atoms with Gasteiger partial charge in [0.2, 0.25) is 0 Å². The molecular weight excluding hydrogens is 257 g/mol. The first-order valence-corrected chi connectivity index (χ1v) is 6.91.